The Morgan fingerprint density at radius 2 is 2.38 bits per heavy atom. The fraction of sp³-hybridized carbons (Fsp3) is 0.273. The van der Waals surface area contributed by atoms with E-state index in [4.69, 9.17) is 11.6 Å². The molecule has 0 aliphatic rings. The molecule has 4 nitrogen and oxygen atoms in total. The van der Waals surface area contributed by atoms with Gasteiger partial charge in [-0.2, -0.15) is 5.10 Å². The molecule has 0 aliphatic carbocycles. The lowest BCUT2D eigenvalue weighted by molar-refractivity contribution is 0.767. The van der Waals surface area contributed by atoms with Gasteiger partial charge < -0.3 is 5.32 Å². The normalized spacial score (nSPS) is 10.4. The first kappa shape index (κ1) is 11.0. The van der Waals surface area contributed by atoms with Gasteiger partial charge in [-0.1, -0.05) is 11.6 Å². The molecule has 84 valence electrons. The quantitative estimate of drug-likeness (QED) is 0.884. The molecule has 2 rings (SSSR count). The summed E-state index contributed by atoms with van der Waals surface area (Å²) in [4.78, 5) is 4.15. The van der Waals surface area contributed by atoms with Gasteiger partial charge in [-0.05, 0) is 24.1 Å². The molecule has 0 atom stereocenters. The molecule has 0 radical (unpaired) electrons. The molecule has 0 amide bonds. The van der Waals surface area contributed by atoms with Crippen LogP contribution in [-0.4, -0.2) is 21.3 Å². The summed E-state index contributed by atoms with van der Waals surface area (Å²) in [5.41, 5.74) is 1.20. The van der Waals surface area contributed by atoms with E-state index in [1.54, 1.807) is 10.9 Å². The third kappa shape index (κ3) is 2.73. The maximum absolute atomic E-state index is 5.97. The predicted molar refractivity (Wildman–Crippen MR) is 64.6 cm³/mol. The zero-order chi connectivity index (χ0) is 11.4. The third-order valence-corrected chi connectivity index (χ3v) is 2.53. The van der Waals surface area contributed by atoms with E-state index >= 15 is 0 Å². The smallest absolute Gasteiger partial charge is 0.144 e. The van der Waals surface area contributed by atoms with E-state index in [9.17, 15) is 0 Å². The third-order valence-electron chi connectivity index (χ3n) is 2.22. The minimum absolute atomic E-state index is 0.647. The number of nitrogens with one attached hydrogen (secondary N) is 1. The van der Waals surface area contributed by atoms with E-state index in [0.29, 0.717) is 5.02 Å². The van der Waals surface area contributed by atoms with Crippen molar-refractivity contribution in [3.8, 4) is 0 Å². The lowest BCUT2D eigenvalue weighted by Crippen LogP contribution is -2.06. The van der Waals surface area contributed by atoms with Crippen molar-refractivity contribution in [3.63, 3.8) is 0 Å². The van der Waals surface area contributed by atoms with Crippen molar-refractivity contribution in [1.29, 1.82) is 0 Å². The molecule has 0 saturated carbocycles. The van der Waals surface area contributed by atoms with E-state index < -0.39 is 0 Å². The molecule has 0 unspecified atom stereocenters. The number of hydrogen-bond acceptors (Lipinski definition) is 3. The highest BCUT2D eigenvalue weighted by molar-refractivity contribution is 6.32. The van der Waals surface area contributed by atoms with Crippen molar-refractivity contribution in [1.82, 2.24) is 14.8 Å². The van der Waals surface area contributed by atoms with Crippen LogP contribution >= 0.6 is 11.6 Å². The Morgan fingerprint density at radius 1 is 1.50 bits per heavy atom. The molecule has 0 aromatic carbocycles. The predicted octanol–water partition coefficient (Wildman–Crippen LogP) is 2.12. The van der Waals surface area contributed by atoms with E-state index in [-0.39, 0.29) is 0 Å². The summed E-state index contributed by atoms with van der Waals surface area (Å²) < 4.78 is 1.79. The van der Waals surface area contributed by atoms with Gasteiger partial charge in [0.2, 0.25) is 0 Å². The summed E-state index contributed by atoms with van der Waals surface area (Å²) in [6, 6.07) is 3.63. The van der Waals surface area contributed by atoms with Gasteiger partial charge in [-0.25, -0.2) is 4.98 Å². The van der Waals surface area contributed by atoms with Gasteiger partial charge in [0, 0.05) is 26.0 Å². The Balaban J connectivity index is 1.87. The highest BCUT2D eigenvalue weighted by Gasteiger charge is 2.00. The van der Waals surface area contributed by atoms with Crippen LogP contribution in [-0.2, 0) is 13.5 Å². The van der Waals surface area contributed by atoms with Gasteiger partial charge in [0.25, 0.3) is 0 Å². The lowest BCUT2D eigenvalue weighted by Gasteiger charge is -2.05. The van der Waals surface area contributed by atoms with Crippen molar-refractivity contribution in [3.05, 3.63) is 41.3 Å². The second-order valence-electron chi connectivity index (χ2n) is 3.53. The van der Waals surface area contributed by atoms with Gasteiger partial charge in [0.05, 0.1) is 11.2 Å². The van der Waals surface area contributed by atoms with Crippen LogP contribution in [0.15, 0.2) is 30.7 Å². The van der Waals surface area contributed by atoms with E-state index in [1.807, 2.05) is 31.6 Å². The largest absolute Gasteiger partial charge is 0.369 e. The van der Waals surface area contributed by atoms with Crippen LogP contribution in [0.1, 0.15) is 5.56 Å². The Bertz CT molecular complexity index is 467. The van der Waals surface area contributed by atoms with Crippen molar-refractivity contribution in [2.45, 2.75) is 6.42 Å². The first-order valence-electron chi connectivity index (χ1n) is 5.07. The summed E-state index contributed by atoms with van der Waals surface area (Å²) in [5, 5.41) is 7.94. The van der Waals surface area contributed by atoms with Crippen LogP contribution in [0, 0.1) is 0 Å². The van der Waals surface area contributed by atoms with E-state index in [2.05, 4.69) is 15.4 Å². The Labute approximate surface area is 99.3 Å². The summed E-state index contributed by atoms with van der Waals surface area (Å²) in [7, 11) is 1.91. The van der Waals surface area contributed by atoms with Crippen LogP contribution in [0.3, 0.4) is 0 Å². The minimum atomic E-state index is 0.647. The number of pyridine rings is 1. The SMILES string of the molecule is Cn1cc(CCNc2ncccc2Cl)cn1. The van der Waals surface area contributed by atoms with Crippen LogP contribution in [0.25, 0.3) is 0 Å². The van der Waals surface area contributed by atoms with Gasteiger partial charge >= 0.3 is 0 Å². The van der Waals surface area contributed by atoms with Crippen LogP contribution in [0.4, 0.5) is 5.82 Å². The Morgan fingerprint density at radius 3 is 3.06 bits per heavy atom. The molecule has 5 heteroatoms. The molecule has 1 N–H and O–H groups in total. The van der Waals surface area contributed by atoms with Crippen molar-refractivity contribution in [2.24, 2.45) is 7.05 Å². The van der Waals surface area contributed by atoms with Gasteiger partial charge in [0.1, 0.15) is 5.82 Å². The molecule has 2 heterocycles. The van der Waals surface area contributed by atoms with Gasteiger partial charge in [-0.3, -0.25) is 4.68 Å². The zero-order valence-electron chi connectivity index (χ0n) is 9.02. The van der Waals surface area contributed by atoms with Crippen LogP contribution in [0.2, 0.25) is 5.02 Å². The Kier molecular flexibility index (Phi) is 3.41. The monoisotopic (exact) mass is 236 g/mol. The molecule has 2 aromatic rings. The summed E-state index contributed by atoms with van der Waals surface area (Å²) in [6.07, 6.45) is 6.49. The number of hydrogen-bond donors (Lipinski definition) is 1. The zero-order valence-corrected chi connectivity index (χ0v) is 9.78. The molecule has 0 saturated heterocycles. The first-order valence-corrected chi connectivity index (χ1v) is 5.45. The number of halogens is 1. The van der Waals surface area contributed by atoms with E-state index in [0.717, 1.165) is 18.8 Å². The molecular weight excluding hydrogens is 224 g/mol. The number of anilines is 1. The lowest BCUT2D eigenvalue weighted by atomic mass is 10.2. The highest BCUT2D eigenvalue weighted by atomic mass is 35.5. The topological polar surface area (TPSA) is 42.7 Å². The van der Waals surface area contributed by atoms with Crippen molar-refractivity contribution >= 4 is 17.4 Å². The average Bonchev–Trinajstić information content (AvgIpc) is 2.67. The van der Waals surface area contributed by atoms with Gasteiger partial charge in [-0.15, -0.1) is 0 Å². The number of aryl methyl sites for hydroxylation is 1. The minimum Gasteiger partial charge on any atom is -0.369 e. The van der Waals surface area contributed by atoms with Crippen LogP contribution in [0.5, 0.6) is 0 Å². The standard InChI is InChI=1S/C11H13ClN4/c1-16-8-9(7-15-16)4-6-14-11-10(12)3-2-5-13-11/h2-3,5,7-8H,4,6H2,1H3,(H,13,14). The van der Waals surface area contributed by atoms with Gasteiger partial charge in [0.15, 0.2) is 0 Å². The fourth-order valence-electron chi connectivity index (χ4n) is 1.44. The average molecular weight is 237 g/mol. The van der Waals surface area contributed by atoms with E-state index in [1.165, 1.54) is 5.56 Å². The molecule has 0 spiro atoms. The molecule has 16 heavy (non-hydrogen) atoms. The maximum atomic E-state index is 5.97. The van der Waals surface area contributed by atoms with Crippen molar-refractivity contribution < 1.29 is 0 Å². The highest BCUT2D eigenvalue weighted by Crippen LogP contribution is 2.16. The molecule has 0 bridgehead atoms. The van der Waals surface area contributed by atoms with Crippen LogP contribution < -0.4 is 5.32 Å². The number of aromatic nitrogens is 3. The summed E-state index contributed by atoms with van der Waals surface area (Å²) >= 11 is 5.97. The Hall–Kier alpha value is -1.55. The fourth-order valence-corrected chi connectivity index (χ4v) is 1.63. The second-order valence-corrected chi connectivity index (χ2v) is 3.94. The maximum Gasteiger partial charge on any atom is 0.144 e. The molecular formula is C11H13ClN4. The molecule has 2 aromatic heterocycles. The molecule has 0 fully saturated rings. The summed E-state index contributed by atoms with van der Waals surface area (Å²) in [6.45, 7) is 0.794. The first-order chi connectivity index (χ1) is 7.75. The molecule has 0 aliphatic heterocycles. The summed E-state index contributed by atoms with van der Waals surface area (Å²) in [5.74, 6) is 0.730. The number of nitrogens with zero attached hydrogens (tertiary/aromatic N) is 3. The number of rotatable bonds is 4. The van der Waals surface area contributed by atoms with Crippen molar-refractivity contribution in [2.75, 3.05) is 11.9 Å². The second kappa shape index (κ2) is 4.99.